The number of likely N-dealkylation sites (N-methyl/N-ethyl adjacent to an activating group) is 1. The van der Waals surface area contributed by atoms with Crippen molar-refractivity contribution in [2.24, 2.45) is 23.1 Å². The van der Waals surface area contributed by atoms with Crippen LogP contribution < -0.4 is 65.1 Å². The molecule has 0 saturated carbocycles. The number of H-pyrrole nitrogens is 1. The molecule has 4 aromatic rings. The summed E-state index contributed by atoms with van der Waals surface area (Å²) in [6.07, 6.45) is 3.67. The van der Waals surface area contributed by atoms with Crippen LogP contribution >= 0.6 is 24.4 Å². The molecule has 1 saturated heterocycles. The number of carbonyl (C=O) groups excluding carboxylic acids is 11. The molecule has 26 nitrogen and oxygen atoms in total. The highest BCUT2D eigenvalue weighted by atomic mass is 32.2. The van der Waals surface area contributed by atoms with Gasteiger partial charge < -0.3 is 80.0 Å². The van der Waals surface area contributed by atoms with Crippen molar-refractivity contribution in [2.75, 3.05) is 50.5 Å². The first-order chi connectivity index (χ1) is 42.1. The van der Waals surface area contributed by atoms with E-state index in [4.69, 9.17) is 17.2 Å². The van der Waals surface area contributed by atoms with E-state index in [-0.39, 0.29) is 68.1 Å². The number of phenolic OH excluding ortho intramolecular Hbond substituents is 1. The molecule has 28 heteroatoms. The van der Waals surface area contributed by atoms with Gasteiger partial charge in [-0.05, 0) is 105 Å². The number of unbranched alkanes of at least 4 members (excludes halogenated alkanes) is 2. The van der Waals surface area contributed by atoms with Crippen molar-refractivity contribution >= 4 is 100 Å². The zero-order valence-corrected chi connectivity index (χ0v) is 51.5. The number of nitrogens with two attached hydrogens (primary N) is 3. The van der Waals surface area contributed by atoms with E-state index in [9.17, 15) is 48.3 Å². The van der Waals surface area contributed by atoms with Crippen LogP contribution in [0.1, 0.15) is 75.5 Å². The maximum Gasteiger partial charge on any atom is 0.245 e. The van der Waals surface area contributed by atoms with Gasteiger partial charge in [-0.1, -0.05) is 74.5 Å². The number of amides is 11. The molecule has 8 atom stereocenters. The van der Waals surface area contributed by atoms with Gasteiger partial charge in [0.15, 0.2) is 0 Å². The number of aromatic amines is 1. The van der Waals surface area contributed by atoms with E-state index in [1.54, 1.807) is 62.5 Å². The van der Waals surface area contributed by atoms with Gasteiger partial charge in [0, 0.05) is 49.2 Å². The van der Waals surface area contributed by atoms with Gasteiger partial charge in [0.1, 0.15) is 54.1 Å². The highest BCUT2D eigenvalue weighted by molar-refractivity contribution is 7.99. The average molecular weight is 1260 g/mol. The van der Waals surface area contributed by atoms with Gasteiger partial charge in [0.05, 0.1) is 18.8 Å². The molecular weight excluding hydrogens is 1170 g/mol. The molecule has 0 aliphatic carbocycles. The van der Waals surface area contributed by atoms with Crippen LogP contribution in [0.4, 0.5) is 0 Å². The minimum absolute atomic E-state index is 0.0479. The minimum Gasteiger partial charge on any atom is -0.508 e. The molecule has 0 bridgehead atoms. The number of hydrogen-bond acceptors (Lipinski definition) is 16. The Bertz CT molecular complexity index is 3030. The first-order valence-corrected chi connectivity index (χ1v) is 31.1. The summed E-state index contributed by atoms with van der Waals surface area (Å²) in [4.78, 5) is 156. The second-order valence-corrected chi connectivity index (χ2v) is 23.3. The van der Waals surface area contributed by atoms with Crippen molar-refractivity contribution < 1.29 is 57.8 Å². The second-order valence-electron chi connectivity index (χ2n) is 21.8. The zero-order chi connectivity index (χ0) is 64.3. The van der Waals surface area contributed by atoms with Gasteiger partial charge in [-0.2, -0.15) is 24.4 Å². The third-order valence-electron chi connectivity index (χ3n) is 14.7. The fraction of sp³-hybridized carbons (Fsp3) is 0.483. The number of rotatable bonds is 29. The molecule has 3 aromatic carbocycles. The predicted molar refractivity (Wildman–Crippen MR) is 336 cm³/mol. The fourth-order valence-corrected chi connectivity index (χ4v) is 10.7. The summed E-state index contributed by atoms with van der Waals surface area (Å²) in [5.74, 6) is -9.02. The molecule has 88 heavy (non-hydrogen) atoms. The summed E-state index contributed by atoms with van der Waals surface area (Å²) in [6, 6.07) is 12.0. The van der Waals surface area contributed by atoms with Gasteiger partial charge in [-0.25, -0.2) is 0 Å². The Hall–Kier alpha value is -8.21. The first kappa shape index (κ1) is 70.6. The summed E-state index contributed by atoms with van der Waals surface area (Å²) in [5, 5.41) is 34.8. The highest BCUT2D eigenvalue weighted by Crippen LogP contribution is 2.21. The number of nitrogens with one attached hydrogen (secondary N) is 10. The van der Waals surface area contributed by atoms with Crippen molar-refractivity contribution in [3.8, 4) is 5.75 Å². The Morgan fingerprint density at radius 1 is 0.636 bits per heavy atom. The van der Waals surface area contributed by atoms with Gasteiger partial charge >= 0.3 is 0 Å². The molecule has 11 amide bonds. The normalized spacial score (nSPS) is 19.6. The number of fused-ring (bicyclic) bond motifs is 1. The van der Waals surface area contributed by atoms with Crippen molar-refractivity contribution in [3.63, 3.8) is 0 Å². The number of benzene rings is 3. The number of aromatic nitrogens is 1. The van der Waals surface area contributed by atoms with Crippen molar-refractivity contribution in [1.82, 2.24) is 57.7 Å². The summed E-state index contributed by atoms with van der Waals surface area (Å²) in [6.45, 7) is 2.93. The number of thioether (sulfide) groups is 1. The van der Waals surface area contributed by atoms with E-state index in [0.29, 0.717) is 48.9 Å². The van der Waals surface area contributed by atoms with Gasteiger partial charge in [-0.15, -0.1) is 0 Å². The summed E-state index contributed by atoms with van der Waals surface area (Å²) < 4.78 is 0. The molecule has 478 valence electrons. The Morgan fingerprint density at radius 2 is 1.23 bits per heavy atom. The van der Waals surface area contributed by atoms with Gasteiger partial charge in [0.25, 0.3) is 0 Å². The van der Waals surface area contributed by atoms with Gasteiger partial charge in [0.2, 0.25) is 65.0 Å². The molecule has 1 aliphatic rings. The summed E-state index contributed by atoms with van der Waals surface area (Å²) >= 11 is 5.18. The summed E-state index contributed by atoms with van der Waals surface area (Å²) in [7, 11) is 1.38. The second kappa shape index (κ2) is 36.2. The number of hydrogen-bond donors (Lipinski definition) is 15. The molecular formula is C60H84N14O12S2. The van der Waals surface area contributed by atoms with Crippen LogP contribution in [0.2, 0.25) is 0 Å². The number of phenols is 1. The van der Waals surface area contributed by atoms with Crippen LogP contribution in [0.3, 0.4) is 0 Å². The molecule has 0 spiro atoms. The molecule has 17 N–H and O–H groups in total. The van der Waals surface area contributed by atoms with E-state index in [1.165, 1.54) is 24.1 Å². The maximum atomic E-state index is 15.1. The Labute approximate surface area is 521 Å². The lowest BCUT2D eigenvalue weighted by atomic mass is 9.98. The third-order valence-corrected chi connectivity index (χ3v) is 16.0. The van der Waals surface area contributed by atoms with Crippen LogP contribution in [0.5, 0.6) is 5.75 Å². The fourth-order valence-electron chi connectivity index (χ4n) is 9.66. The summed E-state index contributed by atoms with van der Waals surface area (Å²) in [5.41, 5.74) is 19.4. The molecule has 0 unspecified atom stereocenters. The van der Waals surface area contributed by atoms with E-state index in [2.05, 4.69) is 65.5 Å². The molecule has 2 heterocycles. The van der Waals surface area contributed by atoms with Crippen LogP contribution in [0.25, 0.3) is 10.9 Å². The lowest BCUT2D eigenvalue weighted by Gasteiger charge is -2.34. The SMILES string of the molecule is CC(C)[C@@H]1NC(=O)[C@H](CCCCN)NC(=O)[C@@H](Cc2c[nH]c3ccccc23)NC(=O)[C@H](Cc2ccc(O)cc2)NC(=O)[C@H](Cc2ccccc2)N(C)C(=O)[C@H](CCSCC(=O)NCC(=O)NCC(=O)N[C@H](CS)C(=O)N[C@@H](CCCCN)C(N)=O)NC1=O. The monoisotopic (exact) mass is 1260 g/mol. The number of carbonyl (C=O) groups is 11. The Morgan fingerprint density at radius 3 is 1.90 bits per heavy atom. The molecule has 1 aliphatic heterocycles. The number of aromatic hydroxyl groups is 1. The van der Waals surface area contributed by atoms with Crippen LogP contribution in [0.15, 0.2) is 85.1 Å². The topological polar surface area (TPSA) is 413 Å². The Balaban J connectivity index is 1.38. The Kier molecular flexibility index (Phi) is 29.0. The van der Waals surface area contributed by atoms with Crippen molar-refractivity contribution in [3.05, 3.63) is 102 Å². The van der Waals surface area contributed by atoms with E-state index < -0.39 is 132 Å². The lowest BCUT2D eigenvalue weighted by Crippen LogP contribution is -2.62. The average Bonchev–Trinajstić information content (AvgIpc) is 4.15. The smallest absolute Gasteiger partial charge is 0.245 e. The largest absolute Gasteiger partial charge is 0.508 e. The van der Waals surface area contributed by atoms with Crippen molar-refractivity contribution in [2.45, 2.75) is 126 Å². The molecule has 1 fully saturated rings. The van der Waals surface area contributed by atoms with Gasteiger partial charge in [-0.3, -0.25) is 52.7 Å². The molecule has 5 rings (SSSR count). The standard InChI is InChI=1S/C60H84N14O12S2/c1-35(2)52-59(85)70-44(23-26-88-34-51(78)66-31-49(76)65-32-50(77)67-47(33-87)57(83)68-42(53(63)79)17-9-11-24-61)60(86)74(3)48(28-36-13-5-4-6-14-36)58(84)72-45(27-37-19-21-39(75)22-20-37)55(81)71-46(29-38-30-64-41-16-8-7-15-40(38)41)56(82)69-43(54(80)73-52)18-10-12-25-62/h4-8,13-16,19-22,30,35,42-48,52,64,75,87H,9-12,17-18,23-29,31-34,61-62H2,1-3H3,(H2,63,79)(H,65,76)(H,66,78)(H,67,77)(H,68,83)(H,69,82)(H,70,85)(H,71,81)(H,72,84)(H,73,80)/t42-,43-,44-,45-,46+,47+,48-,52-/m0/s1. The molecule has 1 aromatic heterocycles. The number of nitrogens with zero attached hydrogens (tertiary/aromatic N) is 1. The van der Waals surface area contributed by atoms with E-state index in [1.807, 2.05) is 24.3 Å². The van der Waals surface area contributed by atoms with E-state index in [0.717, 1.165) is 22.7 Å². The number of primary amides is 1. The van der Waals surface area contributed by atoms with E-state index >= 15 is 9.59 Å². The minimum atomic E-state index is -1.40. The highest BCUT2D eigenvalue weighted by Gasteiger charge is 2.38. The van der Waals surface area contributed by atoms with Crippen LogP contribution in [0, 0.1) is 5.92 Å². The predicted octanol–water partition coefficient (Wildman–Crippen LogP) is -1.18. The number of para-hydroxylation sites is 1. The van der Waals surface area contributed by atoms with Crippen molar-refractivity contribution in [1.29, 1.82) is 0 Å². The van der Waals surface area contributed by atoms with Crippen LogP contribution in [-0.2, 0) is 72.0 Å². The number of thiol groups is 1. The first-order valence-electron chi connectivity index (χ1n) is 29.3. The third kappa shape index (κ3) is 22.5. The molecule has 0 radical (unpaired) electrons. The maximum absolute atomic E-state index is 15.1. The van der Waals surface area contributed by atoms with Crippen LogP contribution in [-0.4, -0.2) is 179 Å². The lowest BCUT2D eigenvalue weighted by molar-refractivity contribution is -0.143. The zero-order valence-electron chi connectivity index (χ0n) is 49.8. The quantitative estimate of drug-likeness (QED) is 0.0225.